The van der Waals surface area contributed by atoms with Crippen molar-refractivity contribution in [2.24, 2.45) is 10.3 Å². The normalized spacial score (nSPS) is 13.9. The Balaban J connectivity index is 1.93. The van der Waals surface area contributed by atoms with Gasteiger partial charge >= 0.3 is 6.01 Å². The minimum atomic E-state index is 0.142. The van der Waals surface area contributed by atoms with E-state index in [1.54, 1.807) is 24.4 Å². The van der Waals surface area contributed by atoms with Crippen LogP contribution in [-0.4, -0.2) is 48.5 Å². The quantitative estimate of drug-likeness (QED) is 0.554. The molecule has 0 bridgehead atoms. The van der Waals surface area contributed by atoms with Gasteiger partial charge in [0.1, 0.15) is 19.5 Å². The van der Waals surface area contributed by atoms with Gasteiger partial charge in [0.15, 0.2) is 12.3 Å². The Kier molecular flexibility index (Phi) is 5.81. The fraction of sp³-hybridized carbons (Fsp3) is 0.294. The van der Waals surface area contributed by atoms with E-state index in [0.29, 0.717) is 42.7 Å². The van der Waals surface area contributed by atoms with Crippen LogP contribution in [0, 0.1) is 0 Å². The highest BCUT2D eigenvalue weighted by Gasteiger charge is 2.22. The van der Waals surface area contributed by atoms with Crippen LogP contribution in [0.25, 0.3) is 0 Å². The van der Waals surface area contributed by atoms with E-state index >= 15 is 0 Å². The van der Waals surface area contributed by atoms with E-state index in [-0.39, 0.29) is 11.9 Å². The van der Waals surface area contributed by atoms with Crippen LogP contribution in [-0.2, 0) is 14.4 Å². The smallest absolute Gasteiger partial charge is 0.325 e. The van der Waals surface area contributed by atoms with Gasteiger partial charge in [-0.25, -0.2) is 4.98 Å². The molecule has 9 heteroatoms. The molecule has 0 saturated carbocycles. The van der Waals surface area contributed by atoms with Crippen molar-refractivity contribution >= 4 is 11.6 Å². The SMILES string of the molecule is CCOc1ccnc(Oc2ccccc2/C(=N\OC)C2=NOCCO2)n1. The lowest BCUT2D eigenvalue weighted by molar-refractivity contribution is 0.0672. The third-order valence-corrected chi connectivity index (χ3v) is 3.19. The van der Waals surface area contributed by atoms with Crippen molar-refractivity contribution in [3.8, 4) is 17.6 Å². The Labute approximate surface area is 150 Å². The van der Waals surface area contributed by atoms with Gasteiger partial charge < -0.3 is 23.9 Å². The third-order valence-electron chi connectivity index (χ3n) is 3.19. The van der Waals surface area contributed by atoms with Crippen LogP contribution in [0.3, 0.4) is 0 Å². The summed E-state index contributed by atoms with van der Waals surface area (Å²) in [5.74, 6) is 1.08. The highest BCUT2D eigenvalue weighted by atomic mass is 16.7. The largest absolute Gasteiger partial charge is 0.478 e. The molecule has 1 aliphatic rings. The van der Waals surface area contributed by atoms with Crippen molar-refractivity contribution in [2.45, 2.75) is 6.92 Å². The van der Waals surface area contributed by atoms with E-state index in [4.69, 9.17) is 23.9 Å². The van der Waals surface area contributed by atoms with Crippen LogP contribution >= 0.6 is 0 Å². The zero-order valence-corrected chi connectivity index (χ0v) is 14.4. The second-order valence-electron chi connectivity index (χ2n) is 4.91. The molecule has 9 nitrogen and oxygen atoms in total. The van der Waals surface area contributed by atoms with E-state index in [1.807, 2.05) is 19.1 Å². The number of benzene rings is 1. The molecule has 2 aromatic rings. The molecule has 0 saturated heterocycles. The van der Waals surface area contributed by atoms with Crippen LogP contribution in [0.15, 0.2) is 46.8 Å². The summed E-state index contributed by atoms with van der Waals surface area (Å²) in [6.07, 6.45) is 1.56. The topological polar surface area (TPSA) is 96.7 Å². The molecule has 0 radical (unpaired) electrons. The van der Waals surface area contributed by atoms with Crippen LogP contribution in [0.5, 0.6) is 17.6 Å². The zero-order valence-electron chi connectivity index (χ0n) is 14.4. The van der Waals surface area contributed by atoms with Crippen molar-refractivity contribution in [2.75, 3.05) is 26.9 Å². The van der Waals surface area contributed by atoms with E-state index in [1.165, 1.54) is 7.11 Å². The van der Waals surface area contributed by atoms with Crippen LogP contribution in [0.1, 0.15) is 12.5 Å². The number of nitrogens with zero attached hydrogens (tertiary/aromatic N) is 4. The Bertz CT molecular complexity index is 809. The fourth-order valence-electron chi connectivity index (χ4n) is 2.16. The van der Waals surface area contributed by atoms with Crippen LogP contribution in [0.2, 0.25) is 0 Å². The van der Waals surface area contributed by atoms with Gasteiger partial charge in [0.05, 0.1) is 12.2 Å². The number of rotatable bonds is 7. The van der Waals surface area contributed by atoms with Gasteiger partial charge in [-0.15, -0.1) is 0 Å². The van der Waals surface area contributed by atoms with E-state index in [9.17, 15) is 0 Å². The summed E-state index contributed by atoms with van der Waals surface area (Å²) in [4.78, 5) is 18.3. The highest BCUT2D eigenvalue weighted by molar-refractivity contribution is 6.45. The monoisotopic (exact) mass is 358 g/mol. The van der Waals surface area contributed by atoms with Crippen molar-refractivity contribution < 1.29 is 23.9 Å². The summed E-state index contributed by atoms with van der Waals surface area (Å²) >= 11 is 0. The summed E-state index contributed by atoms with van der Waals surface area (Å²) in [5.41, 5.74) is 0.924. The van der Waals surface area contributed by atoms with Crippen molar-refractivity contribution in [3.05, 3.63) is 42.1 Å². The van der Waals surface area contributed by atoms with E-state index in [2.05, 4.69) is 20.3 Å². The number of ether oxygens (including phenoxy) is 3. The fourth-order valence-corrected chi connectivity index (χ4v) is 2.16. The van der Waals surface area contributed by atoms with E-state index < -0.39 is 0 Å². The molecule has 1 aromatic carbocycles. The van der Waals surface area contributed by atoms with Gasteiger partial charge in [-0.1, -0.05) is 17.3 Å². The summed E-state index contributed by atoms with van der Waals surface area (Å²) < 4.78 is 16.7. The second-order valence-corrected chi connectivity index (χ2v) is 4.91. The average Bonchev–Trinajstić information content (AvgIpc) is 2.68. The summed E-state index contributed by atoms with van der Waals surface area (Å²) in [5, 5.41) is 7.89. The van der Waals surface area contributed by atoms with Crippen LogP contribution in [0.4, 0.5) is 0 Å². The Morgan fingerprint density at radius 3 is 2.88 bits per heavy atom. The summed E-state index contributed by atoms with van der Waals surface area (Å²) in [7, 11) is 1.43. The van der Waals surface area contributed by atoms with Crippen molar-refractivity contribution in [3.63, 3.8) is 0 Å². The minimum absolute atomic E-state index is 0.142. The molecule has 136 valence electrons. The molecule has 0 fully saturated rings. The van der Waals surface area contributed by atoms with Crippen molar-refractivity contribution in [1.82, 2.24) is 9.97 Å². The highest BCUT2D eigenvalue weighted by Crippen LogP contribution is 2.25. The molecule has 0 amide bonds. The predicted octanol–water partition coefficient (Wildman–Crippen LogP) is 2.38. The maximum absolute atomic E-state index is 5.82. The lowest BCUT2D eigenvalue weighted by atomic mass is 10.1. The second kappa shape index (κ2) is 8.65. The number of para-hydroxylation sites is 1. The van der Waals surface area contributed by atoms with E-state index in [0.717, 1.165) is 0 Å². The molecule has 3 rings (SSSR count). The minimum Gasteiger partial charge on any atom is -0.478 e. The van der Waals surface area contributed by atoms with Crippen molar-refractivity contribution in [1.29, 1.82) is 0 Å². The molecule has 0 unspecified atom stereocenters. The lowest BCUT2D eigenvalue weighted by Gasteiger charge is -2.16. The third kappa shape index (κ3) is 4.18. The molecule has 0 spiro atoms. The number of aromatic nitrogens is 2. The van der Waals surface area contributed by atoms with Gasteiger partial charge in [-0.05, 0) is 24.2 Å². The van der Waals surface area contributed by atoms with Gasteiger partial charge in [-0.2, -0.15) is 4.98 Å². The number of oxime groups is 2. The first-order valence-corrected chi connectivity index (χ1v) is 7.99. The standard InChI is InChI=1S/C17H18N4O5/c1-3-23-14-8-9-18-17(19-14)26-13-7-5-4-6-12(13)15(20-22-2)16-21-25-11-10-24-16/h4-9H,3,10-11H2,1-2H3/b20-15+. The predicted molar refractivity (Wildman–Crippen MR) is 92.6 cm³/mol. The average molecular weight is 358 g/mol. The first-order chi connectivity index (χ1) is 12.8. The Morgan fingerprint density at radius 1 is 1.23 bits per heavy atom. The van der Waals surface area contributed by atoms with Gasteiger partial charge in [0, 0.05) is 12.3 Å². The molecule has 0 atom stereocenters. The summed E-state index contributed by atoms with van der Waals surface area (Å²) in [6.45, 7) is 3.11. The molecule has 2 heterocycles. The molecule has 1 aliphatic heterocycles. The summed E-state index contributed by atoms with van der Waals surface area (Å²) in [6, 6.07) is 8.98. The Morgan fingerprint density at radius 2 is 2.12 bits per heavy atom. The number of hydrogen-bond donors (Lipinski definition) is 0. The molecular formula is C17H18N4O5. The first kappa shape index (κ1) is 17.5. The maximum Gasteiger partial charge on any atom is 0.325 e. The Hall–Kier alpha value is -3.36. The molecule has 0 N–H and O–H groups in total. The van der Waals surface area contributed by atoms with Gasteiger partial charge in [0.2, 0.25) is 5.88 Å². The first-order valence-electron chi connectivity index (χ1n) is 7.99. The molecular weight excluding hydrogens is 340 g/mol. The van der Waals surface area contributed by atoms with Gasteiger partial charge in [-0.3, -0.25) is 0 Å². The maximum atomic E-state index is 5.82. The molecule has 0 aliphatic carbocycles. The number of hydrogen-bond acceptors (Lipinski definition) is 9. The van der Waals surface area contributed by atoms with Crippen LogP contribution < -0.4 is 9.47 Å². The molecule has 1 aromatic heterocycles. The lowest BCUT2D eigenvalue weighted by Crippen LogP contribution is -2.25. The van der Waals surface area contributed by atoms with Gasteiger partial charge in [0.25, 0.3) is 5.90 Å². The zero-order chi connectivity index (χ0) is 18.2. The molecule has 26 heavy (non-hydrogen) atoms.